The maximum atomic E-state index is 14.0. The van der Waals surface area contributed by atoms with Gasteiger partial charge in [0.2, 0.25) is 5.91 Å². The Bertz CT molecular complexity index is 1080. The highest BCUT2D eigenvalue weighted by Gasteiger charge is 2.35. The van der Waals surface area contributed by atoms with Crippen molar-refractivity contribution in [2.45, 2.75) is 12.3 Å². The van der Waals surface area contributed by atoms with Crippen LogP contribution >= 0.6 is 0 Å². The van der Waals surface area contributed by atoms with Gasteiger partial charge in [-0.25, -0.2) is 4.39 Å². The first-order valence-electron chi connectivity index (χ1n) is 9.24. The molecular formula is C21H20FN3O5. The number of carbonyl (C=O) groups excluding carboxylic acids is 1. The van der Waals surface area contributed by atoms with Crippen molar-refractivity contribution >= 4 is 11.6 Å². The van der Waals surface area contributed by atoms with Gasteiger partial charge in [0.1, 0.15) is 11.5 Å². The molecule has 2 aromatic carbocycles. The van der Waals surface area contributed by atoms with Crippen LogP contribution in [-0.2, 0) is 4.79 Å². The van der Waals surface area contributed by atoms with E-state index in [4.69, 9.17) is 18.7 Å². The molecule has 30 heavy (non-hydrogen) atoms. The van der Waals surface area contributed by atoms with Crippen LogP contribution in [0.4, 0.5) is 10.1 Å². The molecule has 1 saturated heterocycles. The fourth-order valence-corrected chi connectivity index (χ4v) is 3.44. The Hall–Kier alpha value is -3.62. The SMILES string of the molecule is COc1ccc(-c2nc(C3CC(=O)N(c4ccc(OC)c(F)c4)C3)no2)c(OC)c1. The summed E-state index contributed by atoms with van der Waals surface area (Å²) in [5, 5.41) is 4.05. The number of aromatic nitrogens is 2. The minimum atomic E-state index is -0.528. The zero-order valence-electron chi connectivity index (χ0n) is 16.7. The number of anilines is 1. The lowest BCUT2D eigenvalue weighted by atomic mass is 10.1. The molecule has 4 rings (SSSR count). The third kappa shape index (κ3) is 3.54. The van der Waals surface area contributed by atoms with Crippen LogP contribution in [0, 0.1) is 5.82 Å². The molecule has 2 heterocycles. The topological polar surface area (TPSA) is 86.9 Å². The second-order valence-corrected chi connectivity index (χ2v) is 6.75. The van der Waals surface area contributed by atoms with Crippen molar-refractivity contribution in [1.29, 1.82) is 0 Å². The summed E-state index contributed by atoms with van der Waals surface area (Å²) in [5.74, 6) is 1.04. The van der Waals surface area contributed by atoms with Crippen molar-refractivity contribution in [2.75, 3.05) is 32.8 Å². The van der Waals surface area contributed by atoms with E-state index in [2.05, 4.69) is 10.1 Å². The van der Waals surface area contributed by atoms with Gasteiger partial charge in [-0.2, -0.15) is 4.98 Å². The van der Waals surface area contributed by atoms with Crippen LogP contribution in [0.15, 0.2) is 40.9 Å². The number of amides is 1. The van der Waals surface area contributed by atoms with Gasteiger partial charge in [0.15, 0.2) is 17.4 Å². The number of nitrogens with zero attached hydrogens (tertiary/aromatic N) is 3. The Morgan fingerprint density at radius 3 is 2.57 bits per heavy atom. The molecule has 0 bridgehead atoms. The van der Waals surface area contributed by atoms with E-state index in [9.17, 15) is 9.18 Å². The summed E-state index contributed by atoms with van der Waals surface area (Å²) in [6.07, 6.45) is 0.201. The number of carbonyl (C=O) groups is 1. The van der Waals surface area contributed by atoms with E-state index in [1.807, 2.05) is 0 Å². The Morgan fingerprint density at radius 1 is 1.07 bits per heavy atom. The molecule has 1 aliphatic heterocycles. The molecule has 0 N–H and O–H groups in total. The molecule has 1 aromatic heterocycles. The van der Waals surface area contributed by atoms with Crippen molar-refractivity contribution in [2.24, 2.45) is 0 Å². The summed E-state index contributed by atoms with van der Waals surface area (Å²) >= 11 is 0. The van der Waals surface area contributed by atoms with Crippen LogP contribution in [0.3, 0.4) is 0 Å². The third-order valence-corrected chi connectivity index (χ3v) is 5.02. The van der Waals surface area contributed by atoms with Gasteiger partial charge >= 0.3 is 0 Å². The molecule has 3 aromatic rings. The van der Waals surface area contributed by atoms with E-state index in [1.54, 1.807) is 31.4 Å². The largest absolute Gasteiger partial charge is 0.497 e. The fourth-order valence-electron chi connectivity index (χ4n) is 3.44. The molecule has 1 fully saturated rings. The predicted octanol–water partition coefficient (Wildman–Crippen LogP) is 3.42. The van der Waals surface area contributed by atoms with Gasteiger partial charge in [0.05, 0.1) is 26.9 Å². The number of halogens is 1. The van der Waals surface area contributed by atoms with E-state index in [0.717, 1.165) is 0 Å². The average molecular weight is 413 g/mol. The highest BCUT2D eigenvalue weighted by Crippen LogP contribution is 2.36. The van der Waals surface area contributed by atoms with Gasteiger partial charge in [-0.1, -0.05) is 5.16 Å². The summed E-state index contributed by atoms with van der Waals surface area (Å²) in [4.78, 5) is 18.5. The summed E-state index contributed by atoms with van der Waals surface area (Å²) < 4.78 is 35.0. The molecule has 156 valence electrons. The van der Waals surface area contributed by atoms with Crippen molar-refractivity contribution in [3.8, 4) is 28.7 Å². The van der Waals surface area contributed by atoms with Crippen molar-refractivity contribution in [3.63, 3.8) is 0 Å². The van der Waals surface area contributed by atoms with Crippen LogP contribution in [-0.4, -0.2) is 43.9 Å². The zero-order valence-corrected chi connectivity index (χ0v) is 16.7. The van der Waals surface area contributed by atoms with Gasteiger partial charge in [0.25, 0.3) is 5.89 Å². The number of hydrogen-bond donors (Lipinski definition) is 0. The van der Waals surface area contributed by atoms with Gasteiger partial charge in [-0.05, 0) is 24.3 Å². The molecule has 1 atom stereocenters. The fraction of sp³-hybridized carbons (Fsp3) is 0.286. The molecule has 0 aliphatic carbocycles. The van der Waals surface area contributed by atoms with Crippen LogP contribution < -0.4 is 19.1 Å². The van der Waals surface area contributed by atoms with Crippen LogP contribution in [0.1, 0.15) is 18.2 Å². The molecule has 9 heteroatoms. The predicted molar refractivity (Wildman–Crippen MR) is 106 cm³/mol. The summed E-state index contributed by atoms with van der Waals surface area (Å²) in [6.45, 7) is 0.323. The standard InChI is InChI=1S/C21H20FN3O5/c1-27-14-5-6-15(18(10-14)29-3)21-23-20(24-30-21)12-8-19(26)25(11-12)13-4-7-17(28-2)16(22)9-13/h4-7,9-10,12H,8,11H2,1-3H3. The summed E-state index contributed by atoms with van der Waals surface area (Å²) in [7, 11) is 4.49. The van der Waals surface area contributed by atoms with Crippen LogP contribution in [0.5, 0.6) is 17.2 Å². The summed E-state index contributed by atoms with van der Waals surface area (Å²) in [5.41, 5.74) is 1.08. The van der Waals surface area contributed by atoms with E-state index < -0.39 is 5.82 Å². The Balaban J connectivity index is 1.56. The minimum absolute atomic E-state index is 0.123. The smallest absolute Gasteiger partial charge is 0.261 e. The first-order chi connectivity index (χ1) is 14.5. The first kappa shape index (κ1) is 19.7. The van der Waals surface area contributed by atoms with E-state index in [-0.39, 0.29) is 29.9 Å². The van der Waals surface area contributed by atoms with E-state index in [0.29, 0.717) is 35.1 Å². The van der Waals surface area contributed by atoms with Gasteiger partial charge in [0, 0.05) is 36.7 Å². The molecule has 1 unspecified atom stereocenters. The number of ether oxygens (including phenoxy) is 3. The van der Waals surface area contributed by atoms with Gasteiger partial charge in [-0.15, -0.1) is 0 Å². The molecule has 8 nitrogen and oxygen atoms in total. The minimum Gasteiger partial charge on any atom is -0.497 e. The highest BCUT2D eigenvalue weighted by molar-refractivity contribution is 5.96. The van der Waals surface area contributed by atoms with Crippen LogP contribution in [0.2, 0.25) is 0 Å². The first-order valence-corrected chi connectivity index (χ1v) is 9.24. The lowest BCUT2D eigenvalue weighted by molar-refractivity contribution is -0.117. The summed E-state index contributed by atoms with van der Waals surface area (Å²) in [6, 6.07) is 9.67. The van der Waals surface area contributed by atoms with Crippen molar-refractivity contribution in [1.82, 2.24) is 10.1 Å². The third-order valence-electron chi connectivity index (χ3n) is 5.02. The van der Waals surface area contributed by atoms with Crippen molar-refractivity contribution in [3.05, 3.63) is 48.0 Å². The van der Waals surface area contributed by atoms with Crippen molar-refractivity contribution < 1.29 is 27.9 Å². The number of hydrogen-bond acceptors (Lipinski definition) is 7. The molecule has 0 spiro atoms. The quantitative estimate of drug-likeness (QED) is 0.612. The Kier molecular flexibility index (Phi) is 5.26. The number of benzene rings is 2. The Labute approximate surface area is 172 Å². The molecule has 0 radical (unpaired) electrons. The molecular weight excluding hydrogens is 393 g/mol. The zero-order chi connectivity index (χ0) is 21.3. The molecule has 1 aliphatic rings. The number of rotatable bonds is 6. The molecule has 1 amide bonds. The van der Waals surface area contributed by atoms with E-state index in [1.165, 1.54) is 31.3 Å². The van der Waals surface area contributed by atoms with Gasteiger partial charge in [-0.3, -0.25) is 4.79 Å². The maximum absolute atomic E-state index is 14.0. The maximum Gasteiger partial charge on any atom is 0.261 e. The lowest BCUT2D eigenvalue weighted by Crippen LogP contribution is -2.24. The second kappa shape index (κ2) is 8.02. The van der Waals surface area contributed by atoms with E-state index >= 15 is 0 Å². The van der Waals surface area contributed by atoms with Gasteiger partial charge < -0.3 is 23.6 Å². The second-order valence-electron chi connectivity index (χ2n) is 6.75. The monoisotopic (exact) mass is 413 g/mol. The highest BCUT2D eigenvalue weighted by atomic mass is 19.1. The normalized spacial score (nSPS) is 16.1. The average Bonchev–Trinajstić information content (AvgIpc) is 3.40. The number of methoxy groups -OCH3 is 3. The van der Waals surface area contributed by atoms with Crippen LogP contribution in [0.25, 0.3) is 11.5 Å². The molecule has 0 saturated carbocycles. The lowest BCUT2D eigenvalue weighted by Gasteiger charge is -2.16. The Morgan fingerprint density at radius 2 is 1.87 bits per heavy atom.